The van der Waals surface area contributed by atoms with Crippen molar-refractivity contribution in [3.63, 3.8) is 0 Å². The van der Waals surface area contributed by atoms with Crippen molar-refractivity contribution in [2.75, 3.05) is 6.61 Å². The summed E-state index contributed by atoms with van der Waals surface area (Å²) in [6.45, 7) is 2.31. The molecule has 0 spiro atoms. The number of carbonyl (C=O) groups excluding carboxylic acids is 1. The van der Waals surface area contributed by atoms with Crippen molar-refractivity contribution in [2.24, 2.45) is 0 Å². The van der Waals surface area contributed by atoms with Crippen molar-refractivity contribution in [3.8, 4) is 0 Å². The quantitative estimate of drug-likeness (QED) is 0.686. The van der Waals surface area contributed by atoms with Crippen molar-refractivity contribution in [1.82, 2.24) is 0 Å². The molecule has 1 aliphatic heterocycles. The van der Waals surface area contributed by atoms with Gasteiger partial charge in [0.15, 0.2) is 0 Å². The third kappa shape index (κ3) is 1.84. The van der Waals surface area contributed by atoms with Gasteiger partial charge in [0.1, 0.15) is 6.61 Å². The lowest BCUT2D eigenvalue weighted by molar-refractivity contribution is -0.135. The number of benzene rings is 1. The number of ether oxygens (including phenoxy) is 1. The second-order valence-corrected chi connectivity index (χ2v) is 3.28. The molecule has 15 heavy (non-hydrogen) atoms. The van der Waals surface area contributed by atoms with Gasteiger partial charge >= 0.3 is 5.97 Å². The molecule has 0 aromatic heterocycles. The van der Waals surface area contributed by atoms with Gasteiger partial charge in [-0.2, -0.15) is 0 Å². The van der Waals surface area contributed by atoms with Crippen LogP contribution in [0, 0.1) is 0 Å². The molecule has 0 radical (unpaired) electrons. The summed E-state index contributed by atoms with van der Waals surface area (Å²) < 4.78 is 4.90. The summed E-state index contributed by atoms with van der Waals surface area (Å²) in [5.74, 6) is -0.230. The Hall–Kier alpha value is -1.83. The fourth-order valence-electron chi connectivity index (χ4n) is 1.68. The van der Waals surface area contributed by atoms with Gasteiger partial charge in [-0.15, -0.1) is 0 Å². The highest BCUT2D eigenvalue weighted by Gasteiger charge is 2.20. The number of hydrogen-bond donors (Lipinski definition) is 0. The Labute approximate surface area is 88.9 Å². The van der Waals surface area contributed by atoms with Crippen molar-refractivity contribution in [1.29, 1.82) is 0 Å². The first-order valence-corrected chi connectivity index (χ1v) is 4.92. The van der Waals surface area contributed by atoms with Crippen LogP contribution in [0.15, 0.2) is 48.1 Å². The third-order valence-electron chi connectivity index (χ3n) is 2.39. The summed E-state index contributed by atoms with van der Waals surface area (Å²) in [5.41, 5.74) is 2.66. The van der Waals surface area contributed by atoms with Crippen molar-refractivity contribution >= 4 is 11.5 Å². The van der Waals surface area contributed by atoms with E-state index in [1.54, 1.807) is 0 Å². The first-order chi connectivity index (χ1) is 7.33. The number of esters is 1. The maximum absolute atomic E-state index is 11.4. The van der Waals surface area contributed by atoms with E-state index in [9.17, 15) is 4.79 Å². The molecule has 0 aliphatic carbocycles. The summed E-state index contributed by atoms with van der Waals surface area (Å²) in [6, 6.07) is 9.85. The molecule has 0 unspecified atom stereocenters. The average Bonchev–Trinajstić information content (AvgIpc) is 2.68. The molecule has 1 aromatic rings. The van der Waals surface area contributed by atoms with Crippen LogP contribution < -0.4 is 0 Å². The normalized spacial score (nSPS) is 16.2. The number of allylic oxidation sites excluding steroid dienone is 1. The van der Waals surface area contributed by atoms with Gasteiger partial charge in [0.2, 0.25) is 0 Å². The van der Waals surface area contributed by atoms with E-state index in [2.05, 4.69) is 0 Å². The van der Waals surface area contributed by atoms with Crippen LogP contribution in [0.5, 0.6) is 0 Å². The van der Waals surface area contributed by atoms with Gasteiger partial charge in [-0.25, -0.2) is 4.79 Å². The van der Waals surface area contributed by atoms with Crippen molar-refractivity contribution < 1.29 is 9.53 Å². The Balaban J connectivity index is 2.38. The highest BCUT2D eigenvalue weighted by Crippen LogP contribution is 2.26. The lowest BCUT2D eigenvalue weighted by atomic mass is 9.98. The Kier molecular flexibility index (Phi) is 2.68. The van der Waals surface area contributed by atoms with Crippen LogP contribution in [0.1, 0.15) is 12.5 Å². The predicted molar refractivity (Wildman–Crippen MR) is 59.1 cm³/mol. The lowest BCUT2D eigenvalue weighted by Crippen LogP contribution is -2.01. The van der Waals surface area contributed by atoms with E-state index in [-0.39, 0.29) is 5.97 Å². The maximum Gasteiger partial charge on any atom is 0.338 e. The summed E-state index contributed by atoms with van der Waals surface area (Å²) in [6.07, 6.45) is 3.76. The van der Waals surface area contributed by atoms with E-state index in [0.29, 0.717) is 12.2 Å². The zero-order chi connectivity index (χ0) is 10.7. The van der Waals surface area contributed by atoms with Crippen LogP contribution in [0.4, 0.5) is 0 Å². The van der Waals surface area contributed by atoms with E-state index in [1.165, 1.54) is 0 Å². The fourth-order valence-corrected chi connectivity index (χ4v) is 1.68. The summed E-state index contributed by atoms with van der Waals surface area (Å²) in [5, 5.41) is 0. The smallest absolute Gasteiger partial charge is 0.338 e. The molecule has 76 valence electrons. The fraction of sp³-hybridized carbons (Fsp3) is 0.154. The molecule has 2 heteroatoms. The first-order valence-electron chi connectivity index (χ1n) is 4.92. The minimum atomic E-state index is -0.230. The van der Waals surface area contributed by atoms with E-state index in [4.69, 9.17) is 4.74 Å². The van der Waals surface area contributed by atoms with Gasteiger partial charge in [0.25, 0.3) is 0 Å². The molecule has 1 aromatic carbocycles. The number of hydrogen-bond acceptors (Lipinski definition) is 2. The standard InChI is InChI=1S/C13H12O2/c1-2-11(10-6-4-3-5-7-10)12-8-9-15-13(12)14/h2-8H,9H2,1H3/b11-2+. The average molecular weight is 200 g/mol. The summed E-state index contributed by atoms with van der Waals surface area (Å²) in [4.78, 5) is 11.4. The summed E-state index contributed by atoms with van der Waals surface area (Å²) >= 11 is 0. The first kappa shape index (κ1) is 9.71. The molecule has 0 fully saturated rings. The maximum atomic E-state index is 11.4. The lowest BCUT2D eigenvalue weighted by Gasteiger charge is -2.05. The zero-order valence-corrected chi connectivity index (χ0v) is 8.57. The monoisotopic (exact) mass is 200 g/mol. The Morgan fingerprint density at radius 1 is 1.33 bits per heavy atom. The summed E-state index contributed by atoms with van der Waals surface area (Å²) in [7, 11) is 0. The minimum absolute atomic E-state index is 0.230. The van der Waals surface area contributed by atoms with Gasteiger partial charge < -0.3 is 4.74 Å². The molecule has 0 saturated heterocycles. The molecular formula is C13H12O2. The molecule has 1 heterocycles. The molecule has 0 N–H and O–H groups in total. The highest BCUT2D eigenvalue weighted by molar-refractivity contribution is 6.07. The molecular weight excluding hydrogens is 188 g/mol. The van der Waals surface area contributed by atoms with Crippen LogP contribution >= 0.6 is 0 Å². The van der Waals surface area contributed by atoms with E-state index >= 15 is 0 Å². The van der Waals surface area contributed by atoms with Crippen molar-refractivity contribution in [3.05, 3.63) is 53.6 Å². The number of carbonyl (C=O) groups is 1. The van der Waals surface area contributed by atoms with Gasteiger partial charge in [-0.1, -0.05) is 36.4 Å². The molecule has 2 nitrogen and oxygen atoms in total. The third-order valence-corrected chi connectivity index (χ3v) is 2.39. The molecule has 0 saturated carbocycles. The molecule has 2 rings (SSSR count). The highest BCUT2D eigenvalue weighted by atomic mass is 16.5. The van der Waals surface area contributed by atoms with Gasteiger partial charge in [-0.3, -0.25) is 0 Å². The predicted octanol–water partition coefficient (Wildman–Crippen LogP) is 2.57. The Morgan fingerprint density at radius 3 is 2.60 bits per heavy atom. The van der Waals surface area contributed by atoms with E-state index < -0.39 is 0 Å². The second-order valence-electron chi connectivity index (χ2n) is 3.28. The van der Waals surface area contributed by atoms with Crippen LogP contribution in [-0.2, 0) is 9.53 Å². The zero-order valence-electron chi connectivity index (χ0n) is 8.57. The topological polar surface area (TPSA) is 26.3 Å². The van der Waals surface area contributed by atoms with Crippen LogP contribution in [-0.4, -0.2) is 12.6 Å². The molecule has 1 aliphatic rings. The van der Waals surface area contributed by atoms with Gasteiger partial charge in [0.05, 0.1) is 5.57 Å². The van der Waals surface area contributed by atoms with Gasteiger partial charge in [0, 0.05) is 0 Å². The Morgan fingerprint density at radius 2 is 2.07 bits per heavy atom. The van der Waals surface area contributed by atoms with Crippen molar-refractivity contribution in [2.45, 2.75) is 6.92 Å². The van der Waals surface area contributed by atoms with Crippen LogP contribution in [0.25, 0.3) is 5.57 Å². The van der Waals surface area contributed by atoms with Crippen LogP contribution in [0.3, 0.4) is 0 Å². The molecule has 0 atom stereocenters. The second kappa shape index (κ2) is 4.13. The Bertz CT molecular complexity index is 427. The van der Waals surface area contributed by atoms with Gasteiger partial charge in [-0.05, 0) is 24.1 Å². The number of cyclic esters (lactones) is 1. The SMILES string of the molecule is C/C=C(/C1=CCOC1=O)c1ccccc1. The van der Waals surface area contributed by atoms with Crippen LogP contribution in [0.2, 0.25) is 0 Å². The minimum Gasteiger partial charge on any atom is -0.458 e. The van der Waals surface area contributed by atoms with E-state index in [1.807, 2.05) is 49.4 Å². The largest absolute Gasteiger partial charge is 0.458 e. The van der Waals surface area contributed by atoms with E-state index in [0.717, 1.165) is 11.1 Å². The molecule has 0 amide bonds. The number of rotatable bonds is 2. The molecule has 0 bridgehead atoms.